The van der Waals surface area contributed by atoms with Crippen molar-refractivity contribution in [3.8, 4) is 0 Å². The van der Waals surface area contributed by atoms with Gasteiger partial charge < -0.3 is 5.32 Å². The third-order valence-electron chi connectivity index (χ3n) is 3.88. The molecule has 4 heteroatoms. The summed E-state index contributed by atoms with van der Waals surface area (Å²) >= 11 is 1.60. The molecule has 1 aromatic carbocycles. The predicted molar refractivity (Wildman–Crippen MR) is 83.7 cm³/mol. The van der Waals surface area contributed by atoms with Crippen molar-refractivity contribution >= 4 is 23.3 Å². The van der Waals surface area contributed by atoms with E-state index in [4.69, 9.17) is 0 Å². The van der Waals surface area contributed by atoms with E-state index in [0.717, 1.165) is 24.0 Å². The number of hydrogen-bond acceptors (Lipinski definition) is 2. The summed E-state index contributed by atoms with van der Waals surface area (Å²) < 4.78 is 13.0. The van der Waals surface area contributed by atoms with Gasteiger partial charge in [0.2, 0.25) is 5.91 Å². The first kappa shape index (κ1) is 14.0. The molecule has 1 fully saturated rings. The molecule has 1 aliphatic rings. The molecule has 2 aromatic rings. The lowest BCUT2D eigenvalue weighted by Gasteiger charge is -2.15. The van der Waals surface area contributed by atoms with Crippen molar-refractivity contribution in [2.75, 3.05) is 6.54 Å². The van der Waals surface area contributed by atoms with E-state index in [1.807, 2.05) is 35.0 Å². The van der Waals surface area contributed by atoms with Crippen LogP contribution in [0.25, 0.3) is 6.08 Å². The maximum Gasteiger partial charge on any atom is 0.244 e. The van der Waals surface area contributed by atoms with Crippen LogP contribution in [0.15, 0.2) is 47.2 Å². The Balaban J connectivity index is 1.57. The van der Waals surface area contributed by atoms with Crippen molar-refractivity contribution in [2.45, 2.75) is 18.3 Å². The Hall–Kier alpha value is -1.94. The molecule has 1 amide bonds. The molecular weight excluding hydrogens is 285 g/mol. The van der Waals surface area contributed by atoms with E-state index in [2.05, 4.69) is 5.32 Å². The number of carbonyl (C=O) groups excluding carboxylic acids is 1. The van der Waals surface area contributed by atoms with Gasteiger partial charge in [0.25, 0.3) is 0 Å². The van der Waals surface area contributed by atoms with Gasteiger partial charge in [-0.3, -0.25) is 4.79 Å². The maximum absolute atomic E-state index is 13.0. The molecule has 0 radical (unpaired) electrons. The van der Waals surface area contributed by atoms with Crippen LogP contribution in [0.3, 0.4) is 0 Å². The summed E-state index contributed by atoms with van der Waals surface area (Å²) in [5.41, 5.74) is 2.14. The van der Waals surface area contributed by atoms with Crippen molar-refractivity contribution < 1.29 is 9.18 Å². The Morgan fingerprint density at radius 1 is 1.29 bits per heavy atom. The smallest absolute Gasteiger partial charge is 0.244 e. The van der Waals surface area contributed by atoms with E-state index in [0.29, 0.717) is 6.54 Å². The molecule has 1 aromatic heterocycles. The van der Waals surface area contributed by atoms with Crippen LogP contribution in [0.2, 0.25) is 0 Å². The second-order valence-corrected chi connectivity index (χ2v) is 6.18. The van der Waals surface area contributed by atoms with Gasteiger partial charge >= 0.3 is 0 Å². The predicted octanol–water partition coefficient (Wildman–Crippen LogP) is 3.75. The molecule has 0 saturated heterocycles. The van der Waals surface area contributed by atoms with Gasteiger partial charge in [-0.25, -0.2) is 4.39 Å². The van der Waals surface area contributed by atoms with Gasteiger partial charge in [0, 0.05) is 18.0 Å². The summed E-state index contributed by atoms with van der Waals surface area (Å²) in [5.74, 6) is -0.313. The molecule has 1 saturated carbocycles. The van der Waals surface area contributed by atoms with E-state index in [1.54, 1.807) is 17.4 Å². The molecule has 108 valence electrons. The van der Waals surface area contributed by atoms with Gasteiger partial charge in [-0.05, 0) is 59.0 Å². The van der Waals surface area contributed by atoms with E-state index in [-0.39, 0.29) is 17.1 Å². The number of nitrogens with one attached hydrogen (secondary N) is 1. The highest BCUT2D eigenvalue weighted by Gasteiger charge is 2.44. The SMILES string of the molecule is O=C(/C=C/c1ccsc1)NCC1(c2ccc(F)cc2)CC1. The van der Waals surface area contributed by atoms with Gasteiger partial charge in [0.05, 0.1) is 0 Å². The lowest BCUT2D eigenvalue weighted by molar-refractivity contribution is -0.116. The summed E-state index contributed by atoms with van der Waals surface area (Å²) in [6.45, 7) is 0.603. The first-order chi connectivity index (χ1) is 10.2. The highest BCUT2D eigenvalue weighted by atomic mass is 32.1. The molecule has 0 spiro atoms. The minimum atomic E-state index is -0.225. The van der Waals surface area contributed by atoms with Gasteiger partial charge in [0.1, 0.15) is 5.82 Å². The lowest BCUT2D eigenvalue weighted by atomic mass is 9.96. The van der Waals surface area contributed by atoms with Crippen LogP contribution in [0.5, 0.6) is 0 Å². The van der Waals surface area contributed by atoms with Crippen molar-refractivity contribution in [1.82, 2.24) is 5.32 Å². The Bertz CT molecular complexity index is 642. The fourth-order valence-electron chi connectivity index (χ4n) is 2.38. The van der Waals surface area contributed by atoms with E-state index < -0.39 is 0 Å². The Labute approximate surface area is 127 Å². The summed E-state index contributed by atoms with van der Waals surface area (Å²) in [4.78, 5) is 11.8. The van der Waals surface area contributed by atoms with Crippen LogP contribution < -0.4 is 5.32 Å². The number of benzene rings is 1. The van der Waals surface area contributed by atoms with Crippen molar-refractivity contribution in [1.29, 1.82) is 0 Å². The zero-order valence-electron chi connectivity index (χ0n) is 11.5. The third-order valence-corrected chi connectivity index (χ3v) is 4.58. The molecule has 3 rings (SSSR count). The summed E-state index contributed by atoms with van der Waals surface area (Å²) in [6, 6.07) is 8.56. The fraction of sp³-hybridized carbons (Fsp3) is 0.235. The average molecular weight is 301 g/mol. The van der Waals surface area contributed by atoms with Gasteiger partial charge in [0.15, 0.2) is 0 Å². The standard InChI is InChI=1S/C17H16FNOS/c18-15-4-2-14(3-5-15)17(8-9-17)12-19-16(20)6-1-13-7-10-21-11-13/h1-7,10-11H,8-9,12H2,(H,19,20)/b6-1+. The van der Waals surface area contributed by atoms with Gasteiger partial charge in [-0.2, -0.15) is 11.3 Å². The molecule has 0 atom stereocenters. The second kappa shape index (κ2) is 5.82. The summed E-state index contributed by atoms with van der Waals surface area (Å²) in [5, 5.41) is 6.91. The van der Waals surface area contributed by atoms with Gasteiger partial charge in [-0.1, -0.05) is 12.1 Å². The molecule has 1 N–H and O–H groups in total. The second-order valence-electron chi connectivity index (χ2n) is 5.40. The zero-order valence-corrected chi connectivity index (χ0v) is 12.3. The van der Waals surface area contributed by atoms with Crippen LogP contribution in [0.4, 0.5) is 4.39 Å². The lowest BCUT2D eigenvalue weighted by Crippen LogP contribution is -2.31. The first-order valence-corrected chi connectivity index (χ1v) is 7.86. The number of thiophene rings is 1. The number of hydrogen-bond donors (Lipinski definition) is 1. The van der Waals surface area contributed by atoms with Crippen molar-refractivity contribution in [3.63, 3.8) is 0 Å². The summed E-state index contributed by atoms with van der Waals surface area (Å²) in [7, 11) is 0. The molecule has 1 aliphatic carbocycles. The molecule has 0 aliphatic heterocycles. The van der Waals surface area contributed by atoms with Crippen molar-refractivity contribution in [2.24, 2.45) is 0 Å². The maximum atomic E-state index is 13.0. The van der Waals surface area contributed by atoms with Crippen LogP contribution in [0.1, 0.15) is 24.0 Å². The van der Waals surface area contributed by atoms with E-state index >= 15 is 0 Å². The van der Waals surface area contributed by atoms with Crippen LogP contribution in [-0.2, 0) is 10.2 Å². The quantitative estimate of drug-likeness (QED) is 0.837. The number of halogens is 1. The highest BCUT2D eigenvalue weighted by molar-refractivity contribution is 7.08. The van der Waals surface area contributed by atoms with Crippen LogP contribution in [-0.4, -0.2) is 12.5 Å². The first-order valence-electron chi connectivity index (χ1n) is 6.92. The summed E-state index contributed by atoms with van der Waals surface area (Å²) in [6.07, 6.45) is 5.44. The Morgan fingerprint density at radius 2 is 2.05 bits per heavy atom. The topological polar surface area (TPSA) is 29.1 Å². The van der Waals surface area contributed by atoms with Crippen LogP contribution >= 0.6 is 11.3 Å². The van der Waals surface area contributed by atoms with Crippen molar-refractivity contribution in [3.05, 3.63) is 64.1 Å². The molecule has 21 heavy (non-hydrogen) atoms. The highest BCUT2D eigenvalue weighted by Crippen LogP contribution is 2.47. The number of amides is 1. The third kappa shape index (κ3) is 3.39. The minimum absolute atomic E-state index is 0.000416. The van der Waals surface area contributed by atoms with E-state index in [1.165, 1.54) is 12.1 Å². The average Bonchev–Trinajstić information content (AvgIpc) is 3.10. The molecular formula is C17H16FNOS. The largest absolute Gasteiger partial charge is 0.352 e. The molecule has 2 nitrogen and oxygen atoms in total. The fourth-order valence-corrected chi connectivity index (χ4v) is 3.01. The monoisotopic (exact) mass is 301 g/mol. The zero-order chi connectivity index (χ0) is 14.7. The van der Waals surface area contributed by atoms with E-state index in [9.17, 15) is 9.18 Å². The minimum Gasteiger partial charge on any atom is -0.352 e. The Morgan fingerprint density at radius 3 is 2.67 bits per heavy atom. The van der Waals surface area contributed by atoms with Crippen LogP contribution in [0, 0.1) is 5.82 Å². The molecule has 1 heterocycles. The number of carbonyl (C=O) groups is 1. The number of rotatable bonds is 5. The Kier molecular flexibility index (Phi) is 3.88. The normalized spacial score (nSPS) is 16.0. The molecule has 0 bridgehead atoms. The van der Waals surface area contributed by atoms with Gasteiger partial charge in [-0.15, -0.1) is 0 Å². The molecule has 0 unspecified atom stereocenters.